The molecule has 0 spiro atoms. The maximum Gasteiger partial charge on any atom is 0.269 e. The van der Waals surface area contributed by atoms with Crippen LogP contribution in [0.25, 0.3) is 32.6 Å². The van der Waals surface area contributed by atoms with E-state index < -0.39 is 35.2 Å². The van der Waals surface area contributed by atoms with Gasteiger partial charge in [0.2, 0.25) is 0 Å². The highest BCUT2D eigenvalue weighted by molar-refractivity contribution is 6.22. The molecule has 2 nitrogen and oxygen atoms in total. The van der Waals surface area contributed by atoms with Crippen molar-refractivity contribution in [2.24, 2.45) is 0 Å². The summed E-state index contributed by atoms with van der Waals surface area (Å²) in [6, 6.07) is 2.96. The summed E-state index contributed by atoms with van der Waals surface area (Å²) >= 11 is 0. The van der Waals surface area contributed by atoms with Crippen molar-refractivity contribution in [1.29, 1.82) is 0 Å². The number of halogens is 6. The Balaban J connectivity index is 2.40. The molecule has 8 heteroatoms. The van der Waals surface area contributed by atoms with Crippen LogP contribution in [0.5, 0.6) is 0 Å². The standard InChI is InChI=1S/C16H4F6N2/c17-9-1-5-6-2-10(18)12(20)4-8(6)14-13(7(5)3-11(9)19)23-15(21)16(22)24-14/h1-4H. The van der Waals surface area contributed by atoms with Gasteiger partial charge in [0, 0.05) is 10.8 Å². The maximum atomic E-state index is 13.6. The second kappa shape index (κ2) is 4.80. The van der Waals surface area contributed by atoms with Crippen molar-refractivity contribution in [3.05, 3.63) is 59.4 Å². The minimum atomic E-state index is -1.55. The Labute approximate surface area is 129 Å². The lowest BCUT2D eigenvalue weighted by molar-refractivity contribution is 0.459. The van der Waals surface area contributed by atoms with Crippen LogP contribution >= 0.6 is 0 Å². The Bertz CT molecular complexity index is 905. The van der Waals surface area contributed by atoms with Crippen molar-refractivity contribution in [1.82, 2.24) is 9.97 Å². The van der Waals surface area contributed by atoms with Crippen LogP contribution in [-0.4, -0.2) is 9.97 Å². The van der Waals surface area contributed by atoms with E-state index in [0.29, 0.717) is 0 Å². The predicted molar refractivity (Wildman–Crippen MR) is 74.3 cm³/mol. The first kappa shape index (κ1) is 14.7. The molecule has 4 rings (SSSR count). The minimum absolute atomic E-state index is 0.0318. The van der Waals surface area contributed by atoms with Gasteiger partial charge in [-0.3, -0.25) is 0 Å². The van der Waals surface area contributed by atoms with Crippen LogP contribution in [0.15, 0.2) is 24.3 Å². The van der Waals surface area contributed by atoms with Crippen LogP contribution in [0.1, 0.15) is 0 Å². The summed E-state index contributed by atoms with van der Waals surface area (Å²) in [5.41, 5.74) is -0.581. The molecular weight excluding hydrogens is 334 g/mol. The number of nitrogens with zero attached hydrogens (tertiary/aromatic N) is 2. The molecule has 120 valence electrons. The highest BCUT2D eigenvalue weighted by Crippen LogP contribution is 2.35. The Hall–Kier alpha value is -2.90. The lowest BCUT2D eigenvalue weighted by atomic mass is 9.99. The van der Waals surface area contributed by atoms with Crippen LogP contribution in [-0.2, 0) is 0 Å². The first-order valence-electron chi connectivity index (χ1n) is 6.59. The fourth-order valence-electron chi connectivity index (χ4n) is 2.70. The number of fused-ring (bicyclic) bond motifs is 6. The van der Waals surface area contributed by atoms with Gasteiger partial charge in [-0.2, -0.15) is 8.78 Å². The molecule has 0 aliphatic carbocycles. The average molecular weight is 338 g/mol. The van der Waals surface area contributed by atoms with Crippen molar-refractivity contribution in [2.45, 2.75) is 0 Å². The molecule has 0 atom stereocenters. The average Bonchev–Trinajstić information content (AvgIpc) is 2.53. The van der Waals surface area contributed by atoms with Crippen LogP contribution < -0.4 is 0 Å². The molecule has 0 bridgehead atoms. The van der Waals surface area contributed by atoms with Crippen LogP contribution in [0, 0.1) is 35.2 Å². The van der Waals surface area contributed by atoms with Crippen molar-refractivity contribution in [3.8, 4) is 0 Å². The summed E-state index contributed by atoms with van der Waals surface area (Å²) in [5.74, 6) is -8.06. The van der Waals surface area contributed by atoms with E-state index in [0.717, 1.165) is 24.3 Å². The molecule has 0 fully saturated rings. The quantitative estimate of drug-likeness (QED) is 0.341. The van der Waals surface area contributed by atoms with E-state index in [2.05, 4.69) is 9.97 Å². The number of rotatable bonds is 0. The Morgan fingerprint density at radius 2 is 0.750 bits per heavy atom. The van der Waals surface area contributed by atoms with E-state index >= 15 is 0 Å². The lowest BCUT2D eigenvalue weighted by Crippen LogP contribution is -1.99. The van der Waals surface area contributed by atoms with Gasteiger partial charge >= 0.3 is 0 Å². The van der Waals surface area contributed by atoms with E-state index in [-0.39, 0.29) is 32.6 Å². The topological polar surface area (TPSA) is 25.8 Å². The van der Waals surface area contributed by atoms with E-state index in [4.69, 9.17) is 0 Å². The molecule has 24 heavy (non-hydrogen) atoms. The molecular formula is C16H4F6N2. The molecule has 0 saturated carbocycles. The van der Waals surface area contributed by atoms with Gasteiger partial charge in [0.15, 0.2) is 23.3 Å². The summed E-state index contributed by atoms with van der Waals surface area (Å²) in [5, 5.41) is -0.270. The normalized spacial score (nSPS) is 11.8. The third-order valence-corrected chi connectivity index (χ3v) is 3.74. The summed E-state index contributed by atoms with van der Waals surface area (Å²) in [6.45, 7) is 0. The zero-order chi connectivity index (χ0) is 17.2. The van der Waals surface area contributed by atoms with Gasteiger partial charge in [-0.25, -0.2) is 27.5 Å². The second-order valence-electron chi connectivity index (χ2n) is 5.13. The third-order valence-electron chi connectivity index (χ3n) is 3.74. The van der Waals surface area contributed by atoms with Gasteiger partial charge in [0.1, 0.15) is 11.0 Å². The van der Waals surface area contributed by atoms with E-state index in [1.807, 2.05) is 0 Å². The maximum absolute atomic E-state index is 13.6. The Kier molecular flexibility index (Phi) is 2.93. The minimum Gasteiger partial charge on any atom is -0.213 e. The first-order valence-corrected chi connectivity index (χ1v) is 6.59. The summed E-state index contributed by atoms with van der Waals surface area (Å²) in [6.07, 6.45) is 0. The smallest absolute Gasteiger partial charge is 0.213 e. The number of aromatic nitrogens is 2. The van der Waals surface area contributed by atoms with Crippen molar-refractivity contribution in [2.75, 3.05) is 0 Å². The number of hydrogen-bond donors (Lipinski definition) is 0. The van der Waals surface area contributed by atoms with Crippen LogP contribution in [0.4, 0.5) is 26.3 Å². The Morgan fingerprint density at radius 3 is 1.08 bits per heavy atom. The second-order valence-corrected chi connectivity index (χ2v) is 5.13. The molecule has 0 aliphatic heterocycles. The van der Waals surface area contributed by atoms with Crippen molar-refractivity contribution in [3.63, 3.8) is 0 Å². The molecule has 0 amide bonds. The molecule has 1 heterocycles. The van der Waals surface area contributed by atoms with E-state index in [1.165, 1.54) is 0 Å². The summed E-state index contributed by atoms with van der Waals surface area (Å²) in [7, 11) is 0. The van der Waals surface area contributed by atoms with E-state index in [9.17, 15) is 26.3 Å². The van der Waals surface area contributed by atoms with Gasteiger partial charge in [-0.15, -0.1) is 0 Å². The van der Waals surface area contributed by atoms with Crippen LogP contribution in [0.2, 0.25) is 0 Å². The van der Waals surface area contributed by atoms with Crippen LogP contribution in [0.3, 0.4) is 0 Å². The predicted octanol–water partition coefficient (Wildman–Crippen LogP) is 4.77. The van der Waals surface area contributed by atoms with Gasteiger partial charge in [-0.1, -0.05) is 0 Å². The van der Waals surface area contributed by atoms with Gasteiger partial charge in [0.25, 0.3) is 11.9 Å². The summed E-state index contributed by atoms with van der Waals surface area (Å²) < 4.78 is 81.2. The number of hydrogen-bond acceptors (Lipinski definition) is 2. The first-order chi connectivity index (χ1) is 11.4. The molecule has 1 aromatic heterocycles. The van der Waals surface area contributed by atoms with Gasteiger partial charge in [-0.05, 0) is 35.0 Å². The molecule has 0 N–H and O–H groups in total. The Morgan fingerprint density at radius 1 is 0.458 bits per heavy atom. The fraction of sp³-hybridized carbons (Fsp3) is 0. The highest BCUT2D eigenvalue weighted by atomic mass is 19.2. The molecule has 0 radical (unpaired) electrons. The zero-order valence-electron chi connectivity index (χ0n) is 11.5. The monoisotopic (exact) mass is 338 g/mol. The fourth-order valence-corrected chi connectivity index (χ4v) is 2.70. The SMILES string of the molecule is Fc1cc2c3cc(F)c(F)cc3c3nc(F)c(F)nc3c2cc1F. The highest BCUT2D eigenvalue weighted by Gasteiger charge is 2.19. The molecule has 0 saturated heterocycles. The van der Waals surface area contributed by atoms with E-state index in [1.54, 1.807) is 0 Å². The summed E-state index contributed by atoms with van der Waals surface area (Å²) in [4.78, 5) is 6.73. The van der Waals surface area contributed by atoms with Gasteiger partial charge < -0.3 is 0 Å². The van der Waals surface area contributed by atoms with Crippen molar-refractivity contribution >= 4 is 32.6 Å². The van der Waals surface area contributed by atoms with Crippen molar-refractivity contribution < 1.29 is 26.3 Å². The molecule has 0 unspecified atom stereocenters. The molecule has 3 aromatic carbocycles. The molecule has 0 aliphatic rings. The number of benzene rings is 3. The third kappa shape index (κ3) is 1.92. The van der Waals surface area contributed by atoms with Gasteiger partial charge in [0.05, 0.1) is 0 Å². The zero-order valence-corrected chi connectivity index (χ0v) is 11.5. The lowest BCUT2D eigenvalue weighted by Gasteiger charge is -2.10. The molecule has 4 aromatic rings. The largest absolute Gasteiger partial charge is 0.269 e.